The van der Waals surface area contributed by atoms with Crippen LogP contribution in [0.25, 0.3) is 11.1 Å². The van der Waals surface area contributed by atoms with Crippen molar-refractivity contribution >= 4 is 5.91 Å². The van der Waals surface area contributed by atoms with E-state index in [1.54, 1.807) is 23.1 Å². The van der Waals surface area contributed by atoms with Crippen molar-refractivity contribution in [3.63, 3.8) is 0 Å². The molecule has 0 radical (unpaired) electrons. The maximum Gasteiger partial charge on any atom is 0.416 e. The zero-order valence-electron chi connectivity index (χ0n) is 17.7. The molecular formula is C23H29F3N2O2. The number of carbonyl (C=O) groups excluding carboxylic acids is 1. The van der Waals surface area contributed by atoms with Gasteiger partial charge in [-0.3, -0.25) is 4.79 Å². The van der Waals surface area contributed by atoms with Gasteiger partial charge in [0.15, 0.2) is 0 Å². The van der Waals surface area contributed by atoms with Crippen LogP contribution in [0, 0.1) is 0 Å². The number of methoxy groups -OCH3 is 1. The van der Waals surface area contributed by atoms with Gasteiger partial charge in [-0.05, 0) is 61.3 Å². The van der Waals surface area contributed by atoms with Crippen molar-refractivity contribution in [2.24, 2.45) is 0 Å². The Morgan fingerprint density at radius 1 is 1.00 bits per heavy atom. The lowest BCUT2D eigenvalue weighted by atomic mass is 10.0. The number of benzene rings is 2. The van der Waals surface area contributed by atoms with Crippen LogP contribution < -0.4 is 10.1 Å². The summed E-state index contributed by atoms with van der Waals surface area (Å²) in [7, 11) is 1.49. The van der Waals surface area contributed by atoms with Crippen LogP contribution in [0.1, 0.15) is 42.6 Å². The van der Waals surface area contributed by atoms with Crippen molar-refractivity contribution in [3.05, 3.63) is 53.6 Å². The fourth-order valence-electron chi connectivity index (χ4n) is 3.25. The first-order chi connectivity index (χ1) is 14.3. The number of rotatable bonds is 5. The summed E-state index contributed by atoms with van der Waals surface area (Å²) in [4.78, 5) is 14.5. The van der Waals surface area contributed by atoms with E-state index >= 15 is 0 Å². The van der Waals surface area contributed by atoms with E-state index in [0.717, 1.165) is 38.1 Å². The molecule has 0 aromatic heterocycles. The predicted molar refractivity (Wildman–Crippen MR) is 113 cm³/mol. The minimum absolute atomic E-state index is 0.108. The number of nitrogens with one attached hydrogen (secondary N) is 1. The highest BCUT2D eigenvalue weighted by atomic mass is 19.4. The lowest BCUT2D eigenvalue weighted by Gasteiger charge is -2.18. The molecule has 0 atom stereocenters. The van der Waals surface area contributed by atoms with E-state index in [9.17, 15) is 18.0 Å². The number of halogens is 3. The van der Waals surface area contributed by atoms with Gasteiger partial charge in [0.25, 0.3) is 5.91 Å². The molecule has 30 heavy (non-hydrogen) atoms. The Balaban J connectivity index is 0.000000575. The summed E-state index contributed by atoms with van der Waals surface area (Å²) >= 11 is 0. The standard InChI is InChI=1S/C19H18F3NO2.C4H11N/c1-25-17-9-6-14(12-16(17)18(24)23-10-2-3-11-23)13-4-7-15(8-5-13)19(20,21)22;1-3-5-4-2/h4-9,12H,2-3,10-11H2,1H3;5H,3-4H2,1-2H3. The largest absolute Gasteiger partial charge is 0.496 e. The average Bonchev–Trinajstić information content (AvgIpc) is 3.28. The number of alkyl halides is 3. The van der Waals surface area contributed by atoms with E-state index in [1.807, 2.05) is 0 Å². The van der Waals surface area contributed by atoms with Crippen LogP contribution in [0.2, 0.25) is 0 Å². The SMILES string of the molecule is CCNCC.COc1ccc(-c2ccc(C(F)(F)F)cc2)cc1C(=O)N1CCCC1. The molecule has 0 bridgehead atoms. The molecule has 1 fully saturated rings. The first-order valence-corrected chi connectivity index (χ1v) is 10.2. The molecule has 2 aromatic carbocycles. The molecule has 7 heteroatoms. The maximum atomic E-state index is 12.7. The number of ether oxygens (including phenoxy) is 1. The van der Waals surface area contributed by atoms with Crippen LogP contribution in [-0.2, 0) is 6.18 Å². The molecule has 1 heterocycles. The molecule has 1 amide bonds. The second-order valence-corrected chi connectivity index (χ2v) is 6.95. The van der Waals surface area contributed by atoms with Gasteiger partial charge in [0.05, 0.1) is 18.2 Å². The minimum atomic E-state index is -4.37. The Morgan fingerprint density at radius 3 is 2.03 bits per heavy atom. The number of hydrogen-bond donors (Lipinski definition) is 1. The van der Waals surface area contributed by atoms with Crippen molar-refractivity contribution in [2.45, 2.75) is 32.9 Å². The predicted octanol–water partition coefficient (Wildman–Crippen LogP) is 5.23. The highest BCUT2D eigenvalue weighted by Crippen LogP contribution is 2.32. The summed E-state index contributed by atoms with van der Waals surface area (Å²) in [6.07, 6.45) is -2.41. The Morgan fingerprint density at radius 2 is 1.57 bits per heavy atom. The highest BCUT2D eigenvalue weighted by Gasteiger charge is 2.30. The average molecular weight is 422 g/mol. The van der Waals surface area contributed by atoms with Crippen molar-refractivity contribution in [1.82, 2.24) is 10.2 Å². The zero-order chi connectivity index (χ0) is 22.1. The molecule has 0 spiro atoms. The summed E-state index contributed by atoms with van der Waals surface area (Å²) in [6, 6.07) is 10.0. The van der Waals surface area contributed by atoms with Crippen molar-refractivity contribution in [1.29, 1.82) is 0 Å². The summed E-state index contributed by atoms with van der Waals surface area (Å²) in [5, 5.41) is 3.11. The Kier molecular flexibility index (Phi) is 8.72. The van der Waals surface area contributed by atoms with Gasteiger partial charge in [-0.15, -0.1) is 0 Å². The van der Waals surface area contributed by atoms with Crippen LogP contribution in [0.3, 0.4) is 0 Å². The number of nitrogens with zero attached hydrogens (tertiary/aromatic N) is 1. The number of amides is 1. The Labute approximate surface area is 176 Å². The lowest BCUT2D eigenvalue weighted by molar-refractivity contribution is -0.137. The van der Waals surface area contributed by atoms with Gasteiger partial charge in [0, 0.05) is 13.1 Å². The van der Waals surface area contributed by atoms with Gasteiger partial charge in [-0.2, -0.15) is 13.2 Å². The van der Waals surface area contributed by atoms with E-state index < -0.39 is 11.7 Å². The summed E-state index contributed by atoms with van der Waals surface area (Å²) < 4.78 is 43.4. The maximum absolute atomic E-state index is 12.7. The second kappa shape index (κ2) is 11.0. The third-order valence-corrected chi connectivity index (χ3v) is 4.87. The van der Waals surface area contributed by atoms with Crippen LogP contribution in [0.5, 0.6) is 5.75 Å². The van der Waals surface area contributed by atoms with Crippen molar-refractivity contribution in [2.75, 3.05) is 33.3 Å². The van der Waals surface area contributed by atoms with Crippen molar-refractivity contribution in [3.8, 4) is 16.9 Å². The van der Waals surface area contributed by atoms with Gasteiger partial charge in [-0.25, -0.2) is 0 Å². The molecule has 1 saturated heterocycles. The van der Waals surface area contributed by atoms with E-state index in [2.05, 4.69) is 19.2 Å². The zero-order valence-corrected chi connectivity index (χ0v) is 17.7. The van der Waals surface area contributed by atoms with Crippen LogP contribution in [-0.4, -0.2) is 44.1 Å². The van der Waals surface area contributed by atoms with Gasteiger partial charge >= 0.3 is 6.18 Å². The highest BCUT2D eigenvalue weighted by molar-refractivity contribution is 5.98. The summed E-state index contributed by atoms with van der Waals surface area (Å²) in [5.41, 5.74) is 1.03. The first kappa shape index (κ1) is 23.7. The van der Waals surface area contributed by atoms with Gasteiger partial charge in [-0.1, -0.05) is 32.0 Å². The molecule has 4 nitrogen and oxygen atoms in total. The van der Waals surface area contributed by atoms with Crippen molar-refractivity contribution < 1.29 is 22.7 Å². The molecule has 2 aromatic rings. The molecule has 3 rings (SSSR count). The Hall–Kier alpha value is -2.54. The van der Waals surface area contributed by atoms with Crippen LogP contribution in [0.15, 0.2) is 42.5 Å². The van der Waals surface area contributed by atoms with Gasteiger partial charge in [0.1, 0.15) is 5.75 Å². The molecule has 0 unspecified atom stereocenters. The summed E-state index contributed by atoms with van der Waals surface area (Å²) in [5.74, 6) is 0.357. The Bertz CT molecular complexity index is 812. The number of hydrogen-bond acceptors (Lipinski definition) is 3. The second-order valence-electron chi connectivity index (χ2n) is 6.95. The molecule has 1 N–H and O–H groups in total. The molecule has 0 aliphatic carbocycles. The molecule has 164 valence electrons. The normalized spacial score (nSPS) is 13.6. The smallest absolute Gasteiger partial charge is 0.416 e. The topological polar surface area (TPSA) is 41.6 Å². The molecular weight excluding hydrogens is 393 g/mol. The van der Waals surface area contributed by atoms with E-state index in [4.69, 9.17) is 4.74 Å². The first-order valence-electron chi connectivity index (χ1n) is 10.2. The number of carbonyl (C=O) groups is 1. The van der Waals surface area contributed by atoms with E-state index in [-0.39, 0.29) is 5.91 Å². The third kappa shape index (κ3) is 6.23. The quantitative estimate of drug-likeness (QED) is 0.717. The lowest BCUT2D eigenvalue weighted by Crippen LogP contribution is -2.28. The fraction of sp³-hybridized carbons (Fsp3) is 0.435. The van der Waals surface area contributed by atoms with Crippen LogP contribution >= 0.6 is 0 Å². The van der Waals surface area contributed by atoms with Gasteiger partial charge < -0.3 is 15.0 Å². The summed E-state index contributed by atoms with van der Waals surface area (Å²) in [6.45, 7) is 7.82. The van der Waals surface area contributed by atoms with E-state index in [1.165, 1.54) is 19.2 Å². The fourth-order valence-corrected chi connectivity index (χ4v) is 3.25. The van der Waals surface area contributed by atoms with E-state index in [0.29, 0.717) is 35.5 Å². The minimum Gasteiger partial charge on any atom is -0.496 e. The monoisotopic (exact) mass is 422 g/mol. The van der Waals surface area contributed by atoms with Gasteiger partial charge in [0.2, 0.25) is 0 Å². The number of likely N-dealkylation sites (tertiary alicyclic amines) is 1. The molecule has 0 saturated carbocycles. The molecule has 1 aliphatic heterocycles. The van der Waals surface area contributed by atoms with Crippen LogP contribution in [0.4, 0.5) is 13.2 Å². The third-order valence-electron chi connectivity index (χ3n) is 4.87. The molecule has 1 aliphatic rings.